The van der Waals surface area contributed by atoms with Crippen LogP contribution in [0.25, 0.3) is 0 Å². The van der Waals surface area contributed by atoms with Crippen LogP contribution in [0.4, 0.5) is 0 Å². The Hall–Kier alpha value is -2.38. The molecule has 0 spiro atoms. The third kappa shape index (κ3) is 5.46. The normalized spacial score (nSPS) is 18.9. The summed E-state index contributed by atoms with van der Waals surface area (Å²) in [6, 6.07) is 15.1. The van der Waals surface area contributed by atoms with Gasteiger partial charge in [-0.3, -0.25) is 4.79 Å². The fourth-order valence-corrected chi connectivity index (χ4v) is 5.39. The van der Waals surface area contributed by atoms with E-state index in [9.17, 15) is 13.2 Å². The van der Waals surface area contributed by atoms with Gasteiger partial charge in [-0.15, -0.1) is 0 Å². The molecule has 4 rings (SSSR count). The molecule has 2 aromatic rings. The first-order chi connectivity index (χ1) is 15.0. The van der Waals surface area contributed by atoms with E-state index in [1.807, 2.05) is 36.1 Å². The number of rotatable bonds is 9. The molecule has 7 heteroatoms. The van der Waals surface area contributed by atoms with Gasteiger partial charge in [0.25, 0.3) is 0 Å². The van der Waals surface area contributed by atoms with Crippen LogP contribution < -0.4 is 9.46 Å². The molecule has 1 N–H and O–H groups in total. The largest absolute Gasteiger partial charge is 0.494 e. The highest BCUT2D eigenvalue weighted by Gasteiger charge is 2.30. The molecular weight excluding hydrogens is 412 g/mol. The number of carbonyl (C=O) groups excluding carboxylic acids is 1. The van der Waals surface area contributed by atoms with E-state index >= 15 is 0 Å². The molecule has 2 aromatic carbocycles. The molecule has 2 fully saturated rings. The predicted octanol–water partition coefficient (Wildman–Crippen LogP) is 3.82. The topological polar surface area (TPSA) is 75.7 Å². The minimum atomic E-state index is -3.44. The van der Waals surface area contributed by atoms with Crippen LogP contribution in [0.15, 0.2) is 53.4 Å². The second-order valence-corrected chi connectivity index (χ2v) is 10.0. The smallest absolute Gasteiger partial charge is 0.240 e. The third-order valence-electron chi connectivity index (χ3n) is 5.91. The summed E-state index contributed by atoms with van der Waals surface area (Å²) in [7, 11) is -3.44. The van der Waals surface area contributed by atoms with E-state index in [2.05, 4.69) is 16.9 Å². The fraction of sp³-hybridized carbons (Fsp3) is 0.458. The molecule has 1 aliphatic carbocycles. The lowest BCUT2D eigenvalue weighted by Gasteiger charge is -2.25. The predicted molar refractivity (Wildman–Crippen MR) is 119 cm³/mol. The van der Waals surface area contributed by atoms with Crippen molar-refractivity contribution in [1.29, 1.82) is 0 Å². The Morgan fingerprint density at radius 1 is 1.06 bits per heavy atom. The number of nitrogens with zero attached hydrogens (tertiary/aromatic N) is 1. The van der Waals surface area contributed by atoms with E-state index in [4.69, 9.17) is 4.74 Å². The van der Waals surface area contributed by atoms with Crippen molar-refractivity contribution >= 4 is 15.9 Å². The van der Waals surface area contributed by atoms with Crippen molar-refractivity contribution in [3.8, 4) is 5.75 Å². The molecule has 0 bridgehead atoms. The summed E-state index contributed by atoms with van der Waals surface area (Å²) in [6.07, 6.45) is 4.81. The molecule has 0 radical (unpaired) electrons. The van der Waals surface area contributed by atoms with Gasteiger partial charge in [0, 0.05) is 19.0 Å². The monoisotopic (exact) mass is 442 g/mol. The molecular formula is C24H30N2O4S. The lowest BCUT2D eigenvalue weighted by molar-refractivity contribution is -0.132. The van der Waals surface area contributed by atoms with Crippen molar-refractivity contribution in [1.82, 2.24) is 9.62 Å². The third-order valence-corrected chi connectivity index (χ3v) is 7.45. The minimum absolute atomic E-state index is 0.0890. The van der Waals surface area contributed by atoms with E-state index in [1.54, 1.807) is 12.1 Å². The number of sulfonamides is 1. The Bertz CT molecular complexity index is 999. The average Bonchev–Trinajstić information content (AvgIpc) is 3.43. The number of hydrogen-bond acceptors (Lipinski definition) is 4. The van der Waals surface area contributed by atoms with Crippen LogP contribution in [0.3, 0.4) is 0 Å². The summed E-state index contributed by atoms with van der Waals surface area (Å²) in [6.45, 7) is 3.38. The van der Waals surface area contributed by atoms with Crippen LogP contribution in [0.2, 0.25) is 0 Å². The zero-order valence-corrected chi connectivity index (χ0v) is 18.7. The molecule has 2 aliphatic rings. The number of nitrogens with one attached hydrogen (secondary N) is 1. The zero-order chi connectivity index (χ0) is 21.8. The average molecular weight is 443 g/mol. The van der Waals surface area contributed by atoms with E-state index < -0.39 is 10.0 Å². The number of benzene rings is 2. The Balaban J connectivity index is 1.34. The summed E-state index contributed by atoms with van der Waals surface area (Å²) < 4.78 is 32.8. The molecule has 1 atom stereocenters. The van der Waals surface area contributed by atoms with Gasteiger partial charge in [-0.2, -0.15) is 0 Å². The van der Waals surface area contributed by atoms with Crippen LogP contribution in [-0.2, 0) is 21.2 Å². The summed E-state index contributed by atoms with van der Waals surface area (Å²) in [5.74, 6) is 0.989. The van der Waals surface area contributed by atoms with Crippen LogP contribution in [0, 0.1) is 0 Å². The Kier molecular flexibility index (Phi) is 6.62. The molecule has 0 aromatic heterocycles. The maximum atomic E-state index is 12.9. The highest BCUT2D eigenvalue weighted by Crippen LogP contribution is 2.33. The Morgan fingerprint density at radius 3 is 2.42 bits per heavy atom. The standard InChI is InChI=1S/C24H30N2O4S/c1-2-30-21-12-8-19(9-13-21)23-4-3-17-26(23)24(27)16-7-18-5-14-22(15-6-18)31(28,29)25-20-10-11-20/h5-6,8-9,12-15,20,23,25H,2-4,7,10-11,16-17H2,1H3/t23-/m1/s1. The first-order valence-electron chi connectivity index (χ1n) is 11.1. The number of amides is 1. The van der Waals surface area contributed by atoms with Gasteiger partial charge in [-0.05, 0) is 74.4 Å². The molecule has 1 aliphatic heterocycles. The number of carbonyl (C=O) groups is 1. The van der Waals surface area contributed by atoms with Gasteiger partial charge in [-0.1, -0.05) is 24.3 Å². The molecule has 166 valence electrons. The fourth-order valence-electron chi connectivity index (χ4n) is 4.08. The van der Waals surface area contributed by atoms with E-state index in [0.717, 1.165) is 49.1 Å². The summed E-state index contributed by atoms with van der Waals surface area (Å²) in [5.41, 5.74) is 2.11. The zero-order valence-electron chi connectivity index (χ0n) is 17.9. The molecule has 0 unspecified atom stereocenters. The molecule has 1 saturated heterocycles. The van der Waals surface area contributed by atoms with Gasteiger partial charge in [0.1, 0.15) is 5.75 Å². The van der Waals surface area contributed by atoms with Crippen molar-refractivity contribution in [3.05, 3.63) is 59.7 Å². The van der Waals surface area contributed by atoms with Crippen LogP contribution in [0.1, 0.15) is 56.2 Å². The lowest BCUT2D eigenvalue weighted by Crippen LogP contribution is -2.30. The van der Waals surface area contributed by atoms with Gasteiger partial charge in [0.05, 0.1) is 17.5 Å². The van der Waals surface area contributed by atoms with Crippen molar-refractivity contribution in [2.45, 2.75) is 62.4 Å². The number of hydrogen-bond donors (Lipinski definition) is 1. The Labute approximate surface area is 184 Å². The molecule has 6 nitrogen and oxygen atoms in total. The number of likely N-dealkylation sites (tertiary alicyclic amines) is 1. The molecule has 1 saturated carbocycles. The maximum Gasteiger partial charge on any atom is 0.240 e. The number of ether oxygens (including phenoxy) is 1. The van der Waals surface area contributed by atoms with Crippen molar-refractivity contribution in [3.63, 3.8) is 0 Å². The molecule has 1 heterocycles. The minimum Gasteiger partial charge on any atom is -0.494 e. The molecule has 31 heavy (non-hydrogen) atoms. The SMILES string of the molecule is CCOc1ccc([C@H]2CCCN2C(=O)CCc2ccc(S(=O)(=O)NC3CC3)cc2)cc1. The van der Waals surface area contributed by atoms with Gasteiger partial charge in [0.2, 0.25) is 15.9 Å². The van der Waals surface area contributed by atoms with Crippen molar-refractivity contribution < 1.29 is 17.9 Å². The summed E-state index contributed by atoms with van der Waals surface area (Å²) in [4.78, 5) is 15.2. The van der Waals surface area contributed by atoms with Gasteiger partial charge in [0.15, 0.2) is 0 Å². The van der Waals surface area contributed by atoms with E-state index in [0.29, 0.717) is 19.4 Å². The number of aryl methyl sites for hydroxylation is 1. The quantitative estimate of drug-likeness (QED) is 0.641. The van der Waals surface area contributed by atoms with Gasteiger partial charge >= 0.3 is 0 Å². The van der Waals surface area contributed by atoms with Crippen LogP contribution in [-0.4, -0.2) is 38.4 Å². The van der Waals surface area contributed by atoms with E-state index in [1.165, 1.54) is 0 Å². The highest BCUT2D eigenvalue weighted by molar-refractivity contribution is 7.89. The first-order valence-corrected chi connectivity index (χ1v) is 12.6. The van der Waals surface area contributed by atoms with Gasteiger partial charge < -0.3 is 9.64 Å². The summed E-state index contributed by atoms with van der Waals surface area (Å²) in [5, 5.41) is 0. The maximum absolute atomic E-state index is 12.9. The van der Waals surface area contributed by atoms with Crippen LogP contribution >= 0.6 is 0 Å². The van der Waals surface area contributed by atoms with Gasteiger partial charge in [-0.25, -0.2) is 13.1 Å². The van der Waals surface area contributed by atoms with Crippen molar-refractivity contribution in [2.24, 2.45) is 0 Å². The summed E-state index contributed by atoms with van der Waals surface area (Å²) >= 11 is 0. The van der Waals surface area contributed by atoms with E-state index in [-0.39, 0.29) is 22.9 Å². The lowest BCUT2D eigenvalue weighted by atomic mass is 10.0. The van der Waals surface area contributed by atoms with Crippen molar-refractivity contribution in [2.75, 3.05) is 13.2 Å². The van der Waals surface area contributed by atoms with Crippen LogP contribution in [0.5, 0.6) is 5.75 Å². The molecule has 1 amide bonds. The second-order valence-electron chi connectivity index (χ2n) is 8.29. The second kappa shape index (κ2) is 9.40. The highest BCUT2D eigenvalue weighted by atomic mass is 32.2. The Morgan fingerprint density at radius 2 is 1.77 bits per heavy atom. The first kappa shape index (κ1) is 21.8.